The standard InChI is InChI=1S/C13H12ClFN2/c1-17(12-6-7-16-13(14)8-12)9-10-2-4-11(15)5-3-10/h2-8H,9H2,1H3. The summed E-state index contributed by atoms with van der Waals surface area (Å²) in [5.41, 5.74) is 2.02. The van der Waals surface area contributed by atoms with Crippen LogP contribution in [0.2, 0.25) is 5.15 Å². The molecular formula is C13H12ClFN2. The molecule has 1 heterocycles. The fourth-order valence-electron chi connectivity index (χ4n) is 1.58. The van der Waals surface area contributed by atoms with Crippen LogP contribution in [0.1, 0.15) is 5.56 Å². The molecular weight excluding hydrogens is 239 g/mol. The fourth-order valence-corrected chi connectivity index (χ4v) is 1.75. The molecule has 1 aromatic carbocycles. The van der Waals surface area contributed by atoms with Gasteiger partial charge in [0, 0.05) is 25.5 Å². The van der Waals surface area contributed by atoms with Gasteiger partial charge in [-0.05, 0) is 29.8 Å². The maximum absolute atomic E-state index is 12.8. The number of pyridine rings is 1. The Hall–Kier alpha value is -1.61. The van der Waals surface area contributed by atoms with Crippen LogP contribution in [0.3, 0.4) is 0 Å². The molecule has 0 bridgehead atoms. The van der Waals surface area contributed by atoms with Crippen molar-refractivity contribution in [3.8, 4) is 0 Å². The Morgan fingerprint density at radius 1 is 1.24 bits per heavy atom. The Kier molecular flexibility index (Phi) is 3.59. The van der Waals surface area contributed by atoms with Crippen LogP contribution in [-0.4, -0.2) is 12.0 Å². The van der Waals surface area contributed by atoms with Gasteiger partial charge in [0.15, 0.2) is 0 Å². The lowest BCUT2D eigenvalue weighted by atomic mass is 10.2. The summed E-state index contributed by atoms with van der Waals surface area (Å²) in [5, 5.41) is 0.466. The van der Waals surface area contributed by atoms with E-state index in [4.69, 9.17) is 11.6 Å². The second-order valence-electron chi connectivity index (χ2n) is 3.82. The van der Waals surface area contributed by atoms with Crippen LogP contribution in [0.15, 0.2) is 42.6 Å². The average Bonchev–Trinajstić information content (AvgIpc) is 2.32. The van der Waals surface area contributed by atoms with E-state index >= 15 is 0 Å². The van der Waals surface area contributed by atoms with Crippen LogP contribution in [0.25, 0.3) is 0 Å². The van der Waals surface area contributed by atoms with Gasteiger partial charge in [0.1, 0.15) is 11.0 Å². The van der Waals surface area contributed by atoms with E-state index in [1.54, 1.807) is 24.4 Å². The SMILES string of the molecule is CN(Cc1ccc(F)cc1)c1ccnc(Cl)c1. The zero-order valence-electron chi connectivity index (χ0n) is 9.40. The highest BCUT2D eigenvalue weighted by Crippen LogP contribution is 2.18. The van der Waals surface area contributed by atoms with Gasteiger partial charge in [-0.2, -0.15) is 0 Å². The molecule has 1 aromatic heterocycles. The van der Waals surface area contributed by atoms with Gasteiger partial charge < -0.3 is 4.90 Å². The molecule has 0 aliphatic carbocycles. The van der Waals surface area contributed by atoms with Crippen molar-refractivity contribution in [1.29, 1.82) is 0 Å². The van der Waals surface area contributed by atoms with E-state index in [0.29, 0.717) is 11.7 Å². The minimum absolute atomic E-state index is 0.219. The molecule has 2 aromatic rings. The molecule has 0 fully saturated rings. The van der Waals surface area contributed by atoms with E-state index in [1.165, 1.54) is 12.1 Å². The summed E-state index contributed by atoms with van der Waals surface area (Å²) in [6.07, 6.45) is 1.67. The third-order valence-corrected chi connectivity index (χ3v) is 2.69. The third kappa shape index (κ3) is 3.17. The van der Waals surface area contributed by atoms with Gasteiger partial charge >= 0.3 is 0 Å². The highest BCUT2D eigenvalue weighted by molar-refractivity contribution is 6.29. The summed E-state index contributed by atoms with van der Waals surface area (Å²) >= 11 is 5.83. The number of anilines is 1. The first kappa shape index (κ1) is 11.9. The number of hydrogen-bond donors (Lipinski definition) is 0. The van der Waals surface area contributed by atoms with Crippen LogP contribution in [0.4, 0.5) is 10.1 Å². The molecule has 0 aliphatic rings. The largest absolute Gasteiger partial charge is 0.370 e. The fraction of sp³-hybridized carbons (Fsp3) is 0.154. The van der Waals surface area contributed by atoms with E-state index < -0.39 is 0 Å². The predicted octanol–water partition coefficient (Wildman–Crippen LogP) is 3.51. The Morgan fingerprint density at radius 3 is 2.59 bits per heavy atom. The summed E-state index contributed by atoms with van der Waals surface area (Å²) in [6.45, 7) is 0.695. The number of hydrogen-bond acceptors (Lipinski definition) is 2. The maximum atomic E-state index is 12.8. The molecule has 0 aliphatic heterocycles. The zero-order chi connectivity index (χ0) is 12.3. The molecule has 0 N–H and O–H groups in total. The molecule has 0 radical (unpaired) electrons. The van der Waals surface area contributed by atoms with Gasteiger partial charge in [-0.25, -0.2) is 9.37 Å². The molecule has 2 rings (SSSR count). The maximum Gasteiger partial charge on any atom is 0.131 e. The number of aromatic nitrogens is 1. The van der Waals surface area contributed by atoms with Gasteiger partial charge in [-0.15, -0.1) is 0 Å². The van der Waals surface area contributed by atoms with Gasteiger partial charge in [0.25, 0.3) is 0 Å². The lowest BCUT2D eigenvalue weighted by Gasteiger charge is -2.19. The van der Waals surface area contributed by atoms with Crippen LogP contribution in [-0.2, 0) is 6.54 Å². The van der Waals surface area contributed by atoms with Crippen molar-refractivity contribution in [2.75, 3.05) is 11.9 Å². The Morgan fingerprint density at radius 2 is 1.94 bits per heavy atom. The Balaban J connectivity index is 2.11. The Labute approximate surface area is 105 Å². The molecule has 4 heteroatoms. The lowest BCUT2D eigenvalue weighted by Crippen LogP contribution is -2.16. The summed E-state index contributed by atoms with van der Waals surface area (Å²) < 4.78 is 12.8. The second kappa shape index (κ2) is 5.15. The Bertz CT molecular complexity index is 499. The predicted molar refractivity (Wildman–Crippen MR) is 67.8 cm³/mol. The van der Waals surface area contributed by atoms with E-state index in [1.807, 2.05) is 18.0 Å². The first-order valence-corrected chi connectivity index (χ1v) is 5.60. The summed E-state index contributed by atoms with van der Waals surface area (Å²) in [6, 6.07) is 10.1. The molecule has 0 spiro atoms. The smallest absolute Gasteiger partial charge is 0.131 e. The summed E-state index contributed by atoms with van der Waals surface area (Å²) in [4.78, 5) is 5.96. The van der Waals surface area contributed by atoms with Gasteiger partial charge in [-0.1, -0.05) is 23.7 Å². The molecule has 17 heavy (non-hydrogen) atoms. The minimum atomic E-state index is -0.219. The van der Waals surface area contributed by atoms with Gasteiger partial charge in [0.05, 0.1) is 0 Å². The highest BCUT2D eigenvalue weighted by atomic mass is 35.5. The molecule has 0 saturated carbocycles. The molecule has 0 amide bonds. The van der Waals surface area contributed by atoms with Crippen molar-refractivity contribution in [3.05, 3.63) is 59.1 Å². The van der Waals surface area contributed by atoms with Crippen molar-refractivity contribution in [2.24, 2.45) is 0 Å². The minimum Gasteiger partial charge on any atom is -0.370 e. The number of halogens is 2. The normalized spacial score (nSPS) is 10.3. The van der Waals surface area contributed by atoms with Crippen LogP contribution >= 0.6 is 11.6 Å². The van der Waals surface area contributed by atoms with Crippen molar-refractivity contribution in [1.82, 2.24) is 4.98 Å². The molecule has 0 unspecified atom stereocenters. The van der Waals surface area contributed by atoms with Crippen LogP contribution in [0.5, 0.6) is 0 Å². The van der Waals surface area contributed by atoms with Crippen molar-refractivity contribution < 1.29 is 4.39 Å². The van der Waals surface area contributed by atoms with E-state index in [2.05, 4.69) is 4.98 Å². The van der Waals surface area contributed by atoms with Crippen LogP contribution in [0, 0.1) is 5.82 Å². The molecule has 88 valence electrons. The quantitative estimate of drug-likeness (QED) is 0.775. The second-order valence-corrected chi connectivity index (χ2v) is 4.21. The topological polar surface area (TPSA) is 16.1 Å². The van der Waals surface area contributed by atoms with Crippen molar-refractivity contribution in [3.63, 3.8) is 0 Å². The third-order valence-electron chi connectivity index (χ3n) is 2.48. The molecule has 2 nitrogen and oxygen atoms in total. The first-order valence-electron chi connectivity index (χ1n) is 5.22. The molecule has 0 atom stereocenters. The van der Waals surface area contributed by atoms with Gasteiger partial charge in [-0.3, -0.25) is 0 Å². The number of rotatable bonds is 3. The van der Waals surface area contributed by atoms with E-state index in [0.717, 1.165) is 11.3 Å². The van der Waals surface area contributed by atoms with Crippen LogP contribution < -0.4 is 4.90 Å². The number of nitrogens with zero attached hydrogens (tertiary/aromatic N) is 2. The van der Waals surface area contributed by atoms with Gasteiger partial charge in [0.2, 0.25) is 0 Å². The monoisotopic (exact) mass is 250 g/mol. The van der Waals surface area contributed by atoms with E-state index in [-0.39, 0.29) is 5.82 Å². The summed E-state index contributed by atoms with van der Waals surface area (Å²) in [7, 11) is 1.95. The number of benzene rings is 1. The highest BCUT2D eigenvalue weighted by Gasteiger charge is 2.03. The lowest BCUT2D eigenvalue weighted by molar-refractivity contribution is 0.627. The summed E-state index contributed by atoms with van der Waals surface area (Å²) in [5.74, 6) is -0.219. The van der Waals surface area contributed by atoms with Crippen molar-refractivity contribution in [2.45, 2.75) is 6.54 Å². The van der Waals surface area contributed by atoms with E-state index in [9.17, 15) is 4.39 Å². The molecule has 0 saturated heterocycles. The van der Waals surface area contributed by atoms with Crippen molar-refractivity contribution >= 4 is 17.3 Å². The zero-order valence-corrected chi connectivity index (χ0v) is 10.2. The first-order chi connectivity index (χ1) is 8.15. The average molecular weight is 251 g/mol.